The van der Waals surface area contributed by atoms with Crippen molar-refractivity contribution in [3.05, 3.63) is 65.7 Å². The van der Waals surface area contributed by atoms with Crippen LogP contribution in [0, 0.1) is 0 Å². The summed E-state index contributed by atoms with van der Waals surface area (Å²) in [5.41, 5.74) is 3.21. The minimum absolute atomic E-state index is 0.230. The van der Waals surface area contributed by atoms with Crippen molar-refractivity contribution in [1.29, 1.82) is 0 Å². The second-order valence-corrected chi connectivity index (χ2v) is 6.96. The molecular formula is C22H23NO3S. The Balaban J connectivity index is 1.75. The van der Waals surface area contributed by atoms with Gasteiger partial charge in [-0.05, 0) is 35.4 Å². The highest BCUT2D eigenvalue weighted by Crippen LogP contribution is 2.23. The highest BCUT2D eigenvalue weighted by atomic mass is 32.2. The number of nitrogens with zero attached hydrogens (tertiary/aromatic N) is 1. The molecule has 0 aliphatic heterocycles. The molecule has 5 heteroatoms. The highest BCUT2D eigenvalue weighted by molar-refractivity contribution is 7.99. The van der Waals surface area contributed by atoms with Crippen molar-refractivity contribution in [3.63, 3.8) is 0 Å². The van der Waals surface area contributed by atoms with Gasteiger partial charge in [0, 0.05) is 19.6 Å². The maximum atomic E-state index is 5.23. The van der Waals surface area contributed by atoms with Crippen LogP contribution in [0.2, 0.25) is 0 Å². The molecule has 0 fully saturated rings. The number of ether oxygens (including phenoxy) is 3. The first-order valence-corrected chi connectivity index (χ1v) is 9.61. The van der Waals surface area contributed by atoms with Gasteiger partial charge in [0.15, 0.2) is 6.29 Å². The molecule has 0 aliphatic rings. The molecule has 0 bridgehead atoms. The van der Waals surface area contributed by atoms with Crippen molar-refractivity contribution in [1.82, 2.24) is 4.98 Å². The molecule has 4 nitrogen and oxygen atoms in total. The molecule has 0 aliphatic carbocycles. The predicted octanol–water partition coefficient (Wildman–Crippen LogP) is 5.12. The van der Waals surface area contributed by atoms with Gasteiger partial charge in [-0.25, -0.2) is 4.98 Å². The summed E-state index contributed by atoms with van der Waals surface area (Å²) >= 11 is 1.62. The number of aromatic nitrogens is 1. The zero-order valence-electron chi connectivity index (χ0n) is 15.7. The molecule has 0 spiro atoms. The lowest BCUT2D eigenvalue weighted by Gasteiger charge is -2.12. The molecule has 3 aromatic rings. The number of rotatable bonds is 8. The number of fused-ring (bicyclic) bond motifs is 1. The van der Waals surface area contributed by atoms with Gasteiger partial charge in [0.05, 0.1) is 23.4 Å². The third-order valence-electron chi connectivity index (χ3n) is 4.17. The SMILES string of the molecule is COc1ccc(C=Cc2ccc3ccc(SCC(OC)OC)nc3c2)cc1. The summed E-state index contributed by atoms with van der Waals surface area (Å²) in [6.45, 7) is 0. The normalized spacial score (nSPS) is 11.6. The van der Waals surface area contributed by atoms with Gasteiger partial charge in [0.2, 0.25) is 0 Å². The minimum Gasteiger partial charge on any atom is -0.497 e. The molecule has 0 unspecified atom stereocenters. The maximum absolute atomic E-state index is 5.23. The zero-order chi connectivity index (χ0) is 19.1. The number of thioether (sulfide) groups is 1. The molecule has 0 saturated heterocycles. The van der Waals surface area contributed by atoms with Crippen LogP contribution in [0.5, 0.6) is 5.75 Å². The van der Waals surface area contributed by atoms with Crippen LogP contribution in [0.25, 0.3) is 23.1 Å². The fraction of sp³-hybridized carbons (Fsp3) is 0.227. The van der Waals surface area contributed by atoms with Crippen molar-refractivity contribution in [2.45, 2.75) is 11.3 Å². The summed E-state index contributed by atoms with van der Waals surface area (Å²) in [6.07, 6.45) is 3.95. The molecule has 1 aromatic heterocycles. The van der Waals surface area contributed by atoms with Crippen molar-refractivity contribution >= 4 is 34.8 Å². The van der Waals surface area contributed by atoms with Crippen LogP contribution in [0.1, 0.15) is 11.1 Å². The zero-order valence-corrected chi connectivity index (χ0v) is 16.5. The van der Waals surface area contributed by atoms with E-state index in [-0.39, 0.29) is 6.29 Å². The van der Waals surface area contributed by atoms with E-state index in [1.54, 1.807) is 33.1 Å². The van der Waals surface area contributed by atoms with Crippen LogP contribution in [0.4, 0.5) is 0 Å². The molecule has 140 valence electrons. The van der Waals surface area contributed by atoms with Crippen LogP contribution in [0.15, 0.2) is 59.6 Å². The summed E-state index contributed by atoms with van der Waals surface area (Å²) in [7, 11) is 4.96. The third-order valence-corrected chi connectivity index (χ3v) is 5.13. The van der Waals surface area contributed by atoms with Crippen LogP contribution in [-0.4, -0.2) is 38.4 Å². The van der Waals surface area contributed by atoms with Crippen LogP contribution < -0.4 is 4.74 Å². The van der Waals surface area contributed by atoms with Gasteiger partial charge in [-0.15, -0.1) is 11.8 Å². The Labute approximate surface area is 164 Å². The number of methoxy groups -OCH3 is 3. The molecule has 1 heterocycles. The first-order valence-electron chi connectivity index (χ1n) is 8.63. The van der Waals surface area contributed by atoms with E-state index in [0.717, 1.165) is 32.8 Å². The fourth-order valence-corrected chi connectivity index (χ4v) is 3.50. The first-order chi connectivity index (χ1) is 13.2. The summed E-state index contributed by atoms with van der Waals surface area (Å²) in [5.74, 6) is 1.55. The largest absolute Gasteiger partial charge is 0.497 e. The fourth-order valence-electron chi connectivity index (χ4n) is 2.59. The van der Waals surface area contributed by atoms with Crippen molar-refractivity contribution in [2.24, 2.45) is 0 Å². The second kappa shape index (κ2) is 9.55. The molecule has 2 aromatic carbocycles. The molecular weight excluding hydrogens is 358 g/mol. The van der Waals surface area contributed by atoms with Gasteiger partial charge in [-0.1, -0.05) is 42.5 Å². The van der Waals surface area contributed by atoms with E-state index >= 15 is 0 Å². The monoisotopic (exact) mass is 381 g/mol. The van der Waals surface area contributed by atoms with E-state index in [2.05, 4.69) is 36.4 Å². The maximum Gasteiger partial charge on any atom is 0.166 e. The highest BCUT2D eigenvalue weighted by Gasteiger charge is 2.07. The summed E-state index contributed by atoms with van der Waals surface area (Å²) in [4.78, 5) is 4.76. The van der Waals surface area contributed by atoms with Crippen LogP contribution in [-0.2, 0) is 9.47 Å². The average molecular weight is 381 g/mol. The molecule has 27 heavy (non-hydrogen) atoms. The standard InChI is InChI=1S/C22H23NO3S/c1-24-19-11-7-16(8-12-19)4-5-17-6-9-18-10-13-21(23-20(18)14-17)27-15-22(25-2)26-3/h4-14,22H,15H2,1-3H3. The second-order valence-electron chi connectivity index (χ2n) is 5.92. The Bertz CT molecular complexity index is 905. The van der Waals surface area contributed by atoms with E-state index in [4.69, 9.17) is 19.2 Å². The minimum atomic E-state index is -0.230. The lowest BCUT2D eigenvalue weighted by molar-refractivity contribution is -0.0842. The molecule has 0 N–H and O–H groups in total. The van der Waals surface area contributed by atoms with Gasteiger partial charge in [-0.2, -0.15) is 0 Å². The lowest BCUT2D eigenvalue weighted by atomic mass is 10.1. The van der Waals surface area contributed by atoms with Gasteiger partial charge < -0.3 is 14.2 Å². The van der Waals surface area contributed by atoms with Crippen LogP contribution >= 0.6 is 11.8 Å². The predicted molar refractivity (Wildman–Crippen MR) is 112 cm³/mol. The lowest BCUT2D eigenvalue weighted by Crippen LogP contribution is -2.15. The molecule has 0 radical (unpaired) electrons. The van der Waals surface area contributed by atoms with Gasteiger partial charge >= 0.3 is 0 Å². The van der Waals surface area contributed by atoms with Gasteiger partial charge in [-0.3, -0.25) is 0 Å². The third kappa shape index (κ3) is 5.32. The quantitative estimate of drug-likeness (QED) is 0.307. The number of benzene rings is 2. The van der Waals surface area contributed by atoms with Crippen molar-refractivity contribution < 1.29 is 14.2 Å². The number of hydrogen-bond donors (Lipinski definition) is 0. The van der Waals surface area contributed by atoms with E-state index in [9.17, 15) is 0 Å². The van der Waals surface area contributed by atoms with E-state index < -0.39 is 0 Å². The molecule has 3 rings (SSSR count). The Kier molecular flexibility index (Phi) is 6.87. The summed E-state index contributed by atoms with van der Waals surface area (Å²) < 4.78 is 15.6. The smallest absolute Gasteiger partial charge is 0.166 e. The topological polar surface area (TPSA) is 40.6 Å². The molecule has 0 saturated carbocycles. The Morgan fingerprint density at radius 2 is 1.56 bits per heavy atom. The van der Waals surface area contributed by atoms with E-state index in [1.165, 1.54) is 0 Å². The summed E-state index contributed by atoms with van der Waals surface area (Å²) in [6, 6.07) is 18.4. The number of hydrogen-bond acceptors (Lipinski definition) is 5. The molecule has 0 atom stereocenters. The average Bonchev–Trinajstić information content (AvgIpc) is 2.73. The Morgan fingerprint density at radius 3 is 2.26 bits per heavy atom. The van der Waals surface area contributed by atoms with Gasteiger partial charge in [0.25, 0.3) is 0 Å². The van der Waals surface area contributed by atoms with Crippen LogP contribution in [0.3, 0.4) is 0 Å². The summed E-state index contributed by atoms with van der Waals surface area (Å²) in [5, 5.41) is 2.08. The van der Waals surface area contributed by atoms with Gasteiger partial charge in [0.1, 0.15) is 5.75 Å². The Hall–Kier alpha value is -2.34. The first kappa shape index (κ1) is 19.4. The Morgan fingerprint density at radius 1 is 0.889 bits per heavy atom. The molecule has 0 amide bonds. The van der Waals surface area contributed by atoms with Crippen molar-refractivity contribution in [3.8, 4) is 5.75 Å². The van der Waals surface area contributed by atoms with E-state index in [1.807, 2.05) is 30.3 Å². The number of pyridine rings is 1. The van der Waals surface area contributed by atoms with Crippen molar-refractivity contribution in [2.75, 3.05) is 27.1 Å². The van der Waals surface area contributed by atoms with E-state index in [0.29, 0.717) is 5.75 Å².